The van der Waals surface area contributed by atoms with Crippen molar-refractivity contribution in [1.82, 2.24) is 9.13 Å². The fraction of sp³-hybridized carbons (Fsp3) is 0. The minimum absolute atomic E-state index is 0.346. The van der Waals surface area contributed by atoms with Gasteiger partial charge in [-0.15, -0.1) is 0 Å². The van der Waals surface area contributed by atoms with Gasteiger partial charge in [-0.25, -0.2) is 0 Å². The SMILES string of the molecule is N#Cc1cc(-n2c3ccccc3c3cc4c5c(cccc5c32)-c2ccccc2-4)c(-n2c3ccccc3c3cc4c5c(cccc5c32)-c2ccccc2-4)cc1C#N. The first kappa shape index (κ1) is 29.5. The molecule has 2 aliphatic carbocycles. The Morgan fingerprint density at radius 2 is 0.679 bits per heavy atom. The van der Waals surface area contributed by atoms with E-state index in [1.807, 2.05) is 12.1 Å². The van der Waals surface area contributed by atoms with E-state index in [0.717, 1.165) is 65.8 Å². The van der Waals surface area contributed by atoms with Gasteiger partial charge in [0.05, 0.1) is 44.6 Å². The van der Waals surface area contributed by atoms with E-state index in [1.54, 1.807) is 0 Å². The molecule has 9 aromatic carbocycles. The summed E-state index contributed by atoms with van der Waals surface area (Å²) in [5.74, 6) is 0. The van der Waals surface area contributed by atoms with Crippen LogP contribution in [0.3, 0.4) is 0 Å². The van der Waals surface area contributed by atoms with E-state index in [2.05, 4.69) is 167 Å². The molecule has 0 unspecified atom stereocenters. The Balaban J connectivity index is 1.24. The fourth-order valence-corrected chi connectivity index (χ4v) is 10.3. The maximum atomic E-state index is 10.6. The van der Waals surface area contributed by atoms with E-state index in [4.69, 9.17) is 0 Å². The zero-order chi connectivity index (χ0) is 36.8. The first-order valence-corrected chi connectivity index (χ1v) is 18.9. The lowest BCUT2D eigenvalue weighted by atomic mass is 9.99. The third-order valence-corrected chi connectivity index (χ3v) is 12.4. The van der Waals surface area contributed by atoms with Crippen molar-refractivity contribution in [3.63, 3.8) is 0 Å². The van der Waals surface area contributed by atoms with Gasteiger partial charge in [0.15, 0.2) is 0 Å². The van der Waals surface area contributed by atoms with Crippen molar-refractivity contribution >= 4 is 65.2 Å². The topological polar surface area (TPSA) is 57.4 Å². The van der Waals surface area contributed by atoms with Crippen LogP contribution in [0.5, 0.6) is 0 Å². The van der Waals surface area contributed by atoms with Crippen molar-refractivity contribution in [2.24, 2.45) is 0 Å². The molecule has 0 atom stereocenters. The number of para-hydroxylation sites is 2. The van der Waals surface area contributed by atoms with Crippen LogP contribution in [0.1, 0.15) is 11.1 Å². The van der Waals surface area contributed by atoms with Crippen LogP contribution in [0.15, 0.2) is 158 Å². The molecule has 0 aliphatic heterocycles. The molecule has 0 saturated carbocycles. The summed E-state index contributed by atoms with van der Waals surface area (Å²) in [7, 11) is 0. The molecule has 254 valence electrons. The zero-order valence-electron chi connectivity index (χ0n) is 29.8. The Kier molecular flexibility index (Phi) is 5.48. The second kappa shape index (κ2) is 10.4. The number of nitriles is 2. The van der Waals surface area contributed by atoms with Crippen LogP contribution in [0.2, 0.25) is 0 Å². The van der Waals surface area contributed by atoms with E-state index in [1.165, 1.54) is 55.3 Å². The van der Waals surface area contributed by atoms with Crippen molar-refractivity contribution in [2.45, 2.75) is 0 Å². The Morgan fingerprint density at radius 3 is 1.11 bits per heavy atom. The summed E-state index contributed by atoms with van der Waals surface area (Å²) >= 11 is 0. The van der Waals surface area contributed by atoms with Gasteiger partial charge in [-0.3, -0.25) is 0 Å². The van der Waals surface area contributed by atoms with Crippen LogP contribution in [0.25, 0.3) is 121 Å². The highest BCUT2D eigenvalue weighted by atomic mass is 15.1. The predicted octanol–water partition coefficient (Wildman–Crippen LogP) is 13.2. The van der Waals surface area contributed by atoms with Crippen LogP contribution in [0.4, 0.5) is 0 Å². The highest BCUT2D eigenvalue weighted by molar-refractivity contribution is 6.29. The number of benzene rings is 9. The molecule has 4 heteroatoms. The number of hydrogen-bond donors (Lipinski definition) is 0. The van der Waals surface area contributed by atoms with Crippen molar-refractivity contribution in [2.75, 3.05) is 0 Å². The van der Waals surface area contributed by atoms with Gasteiger partial charge < -0.3 is 9.13 Å². The minimum atomic E-state index is 0.346. The van der Waals surface area contributed by atoms with Gasteiger partial charge in [-0.05, 0) is 91.7 Å². The van der Waals surface area contributed by atoms with Gasteiger partial charge in [-0.2, -0.15) is 10.5 Å². The second-order valence-corrected chi connectivity index (χ2v) is 15.0. The van der Waals surface area contributed by atoms with Gasteiger partial charge in [0.25, 0.3) is 0 Å². The Bertz CT molecular complexity index is 3480. The third-order valence-electron chi connectivity index (χ3n) is 12.4. The van der Waals surface area contributed by atoms with Crippen molar-refractivity contribution in [3.8, 4) is 68.0 Å². The molecule has 0 saturated heterocycles. The van der Waals surface area contributed by atoms with Crippen LogP contribution in [-0.2, 0) is 0 Å². The van der Waals surface area contributed by atoms with Crippen molar-refractivity contribution in [1.29, 1.82) is 10.5 Å². The highest BCUT2D eigenvalue weighted by Gasteiger charge is 2.29. The first-order valence-electron chi connectivity index (χ1n) is 18.9. The molecule has 0 amide bonds. The molecule has 56 heavy (non-hydrogen) atoms. The number of hydrogen-bond acceptors (Lipinski definition) is 2. The number of nitrogens with zero attached hydrogens (tertiary/aromatic N) is 4. The predicted molar refractivity (Wildman–Crippen MR) is 228 cm³/mol. The van der Waals surface area contributed by atoms with Crippen LogP contribution >= 0.6 is 0 Å². The molecular formula is C52H26N4. The molecule has 0 bridgehead atoms. The molecule has 11 aromatic rings. The van der Waals surface area contributed by atoms with Gasteiger partial charge in [0.1, 0.15) is 12.1 Å². The quantitative estimate of drug-likeness (QED) is 0.180. The smallest absolute Gasteiger partial charge is 0.101 e. The van der Waals surface area contributed by atoms with E-state index in [-0.39, 0.29) is 0 Å². The lowest BCUT2D eigenvalue weighted by Crippen LogP contribution is -2.06. The minimum Gasteiger partial charge on any atom is -0.306 e. The largest absolute Gasteiger partial charge is 0.306 e. The van der Waals surface area contributed by atoms with Crippen LogP contribution in [0, 0.1) is 22.7 Å². The molecule has 2 aliphatic rings. The zero-order valence-corrected chi connectivity index (χ0v) is 29.8. The molecular weight excluding hydrogens is 681 g/mol. The monoisotopic (exact) mass is 706 g/mol. The van der Waals surface area contributed by atoms with E-state index in [9.17, 15) is 10.5 Å². The maximum absolute atomic E-state index is 10.6. The van der Waals surface area contributed by atoms with E-state index >= 15 is 0 Å². The number of rotatable bonds is 2. The number of fused-ring (bicyclic) bond motifs is 14. The van der Waals surface area contributed by atoms with Gasteiger partial charge in [0.2, 0.25) is 0 Å². The van der Waals surface area contributed by atoms with E-state index < -0.39 is 0 Å². The summed E-state index contributed by atoms with van der Waals surface area (Å²) in [6, 6.07) is 61.2. The average molecular weight is 707 g/mol. The molecule has 2 aromatic heterocycles. The standard InChI is InChI=1S/C52H26N4/c53-27-29-23-47(55-45-21-7-5-15-35(45)43-25-41-33-13-3-1-11-31(33)37-17-9-19-39(49(37)41)51(43)55)48(24-30(29)28-54)56-46-22-8-6-16-36(46)44-26-42-34-14-4-2-12-32(34)38-18-10-20-40(50(38)42)52(44)56/h1-26H. The van der Waals surface area contributed by atoms with Crippen molar-refractivity contribution < 1.29 is 0 Å². The van der Waals surface area contributed by atoms with Crippen molar-refractivity contribution in [3.05, 3.63) is 169 Å². The molecule has 0 N–H and O–H groups in total. The molecule has 0 radical (unpaired) electrons. The summed E-state index contributed by atoms with van der Waals surface area (Å²) in [5.41, 5.74) is 16.6. The first-order chi connectivity index (χ1) is 27.7. The summed E-state index contributed by atoms with van der Waals surface area (Å²) in [6.45, 7) is 0. The Hall–Kier alpha value is -7.92. The van der Waals surface area contributed by atoms with Gasteiger partial charge in [0, 0.05) is 32.3 Å². The third kappa shape index (κ3) is 3.48. The van der Waals surface area contributed by atoms with Crippen LogP contribution < -0.4 is 0 Å². The summed E-state index contributed by atoms with van der Waals surface area (Å²) in [6.07, 6.45) is 0. The average Bonchev–Trinajstić information content (AvgIpc) is 3.98. The summed E-state index contributed by atoms with van der Waals surface area (Å²) < 4.78 is 4.70. The molecule has 4 nitrogen and oxygen atoms in total. The van der Waals surface area contributed by atoms with Crippen LogP contribution in [-0.4, -0.2) is 9.13 Å². The lowest BCUT2D eigenvalue weighted by molar-refractivity contribution is 1.09. The summed E-state index contributed by atoms with van der Waals surface area (Å²) in [4.78, 5) is 0. The lowest BCUT2D eigenvalue weighted by Gasteiger charge is -2.19. The Morgan fingerprint density at radius 1 is 0.321 bits per heavy atom. The summed E-state index contributed by atoms with van der Waals surface area (Å²) in [5, 5.41) is 30.5. The molecule has 2 heterocycles. The normalized spacial score (nSPS) is 12.2. The van der Waals surface area contributed by atoms with Gasteiger partial charge >= 0.3 is 0 Å². The number of aromatic nitrogens is 2. The Labute approximate surface area is 320 Å². The maximum Gasteiger partial charge on any atom is 0.101 e. The molecule has 0 fully saturated rings. The van der Waals surface area contributed by atoms with E-state index in [0.29, 0.717) is 11.1 Å². The second-order valence-electron chi connectivity index (χ2n) is 15.0. The fourth-order valence-electron chi connectivity index (χ4n) is 10.3. The molecule has 13 rings (SSSR count). The highest BCUT2D eigenvalue weighted by Crippen LogP contribution is 2.53. The molecule has 0 spiro atoms. The van der Waals surface area contributed by atoms with Gasteiger partial charge in [-0.1, -0.05) is 121 Å².